The van der Waals surface area contributed by atoms with Crippen LogP contribution in [0.25, 0.3) is 0 Å². The lowest BCUT2D eigenvalue weighted by Crippen LogP contribution is -1.89. The van der Waals surface area contributed by atoms with Crippen LogP contribution >= 0.6 is 12.8 Å². The van der Waals surface area contributed by atoms with E-state index in [9.17, 15) is 0 Å². The summed E-state index contributed by atoms with van der Waals surface area (Å²) >= 11 is 3.92. The van der Waals surface area contributed by atoms with Gasteiger partial charge in [-0.25, -0.2) is 0 Å². The highest BCUT2D eigenvalue weighted by atomic mass is 32.1. The standard InChI is InChI=1S/C4H9NS/c1-3-4-5(2)6/h3-4,6H,1-2H3. The summed E-state index contributed by atoms with van der Waals surface area (Å²) in [6.45, 7) is 1.95. The highest BCUT2D eigenvalue weighted by molar-refractivity contribution is 7.77. The molecule has 0 saturated carbocycles. The molecule has 0 aromatic rings. The van der Waals surface area contributed by atoms with Crippen molar-refractivity contribution in [1.29, 1.82) is 0 Å². The van der Waals surface area contributed by atoms with Gasteiger partial charge in [0.05, 0.1) is 0 Å². The third-order valence-corrected chi connectivity index (χ3v) is 0.498. The number of thiol groups is 1. The summed E-state index contributed by atoms with van der Waals surface area (Å²) in [7, 11) is 1.86. The Morgan fingerprint density at radius 3 is 2.17 bits per heavy atom. The quantitative estimate of drug-likeness (QED) is 0.489. The van der Waals surface area contributed by atoms with Gasteiger partial charge >= 0.3 is 0 Å². The lowest BCUT2D eigenvalue weighted by molar-refractivity contribution is 0.784. The zero-order valence-corrected chi connectivity index (χ0v) is 4.94. The van der Waals surface area contributed by atoms with Gasteiger partial charge in [-0.2, -0.15) is 0 Å². The minimum absolute atomic E-state index is 1.69. The second-order valence-corrected chi connectivity index (χ2v) is 1.69. The summed E-state index contributed by atoms with van der Waals surface area (Å²) in [5.41, 5.74) is 0. The van der Waals surface area contributed by atoms with Gasteiger partial charge < -0.3 is 4.31 Å². The number of hydrogen-bond acceptors (Lipinski definition) is 2. The molecule has 0 aliphatic heterocycles. The maximum atomic E-state index is 3.92. The lowest BCUT2D eigenvalue weighted by Gasteiger charge is -1.97. The van der Waals surface area contributed by atoms with Crippen LogP contribution in [-0.4, -0.2) is 11.4 Å². The molecule has 0 rings (SSSR count). The third kappa shape index (κ3) is 3.89. The molecule has 1 nitrogen and oxygen atoms in total. The largest absolute Gasteiger partial charge is 0.329 e. The van der Waals surface area contributed by atoms with Crippen molar-refractivity contribution in [3.8, 4) is 0 Å². The highest BCUT2D eigenvalue weighted by Gasteiger charge is 1.67. The Balaban J connectivity index is 3.03. The van der Waals surface area contributed by atoms with Crippen LogP contribution in [0.15, 0.2) is 12.3 Å². The van der Waals surface area contributed by atoms with Crippen LogP contribution in [0.1, 0.15) is 6.92 Å². The fourth-order valence-corrected chi connectivity index (χ4v) is 0.349. The van der Waals surface area contributed by atoms with Gasteiger partial charge in [-0.3, -0.25) is 0 Å². The molecular formula is C4H9NS. The Bertz CT molecular complexity index is 49.5. The van der Waals surface area contributed by atoms with Crippen LogP contribution in [0, 0.1) is 0 Å². The molecule has 0 saturated heterocycles. The predicted molar refractivity (Wildman–Crippen MR) is 31.6 cm³/mol. The van der Waals surface area contributed by atoms with Crippen LogP contribution in [-0.2, 0) is 0 Å². The Hall–Kier alpha value is -0.110. The second kappa shape index (κ2) is 3.09. The highest BCUT2D eigenvalue weighted by Crippen LogP contribution is 1.84. The van der Waals surface area contributed by atoms with E-state index in [1.165, 1.54) is 0 Å². The van der Waals surface area contributed by atoms with E-state index in [2.05, 4.69) is 12.8 Å². The molecule has 6 heavy (non-hydrogen) atoms. The van der Waals surface area contributed by atoms with Crippen LogP contribution < -0.4 is 0 Å². The first-order chi connectivity index (χ1) is 2.77. The van der Waals surface area contributed by atoms with Gasteiger partial charge in [-0.05, 0) is 6.92 Å². The van der Waals surface area contributed by atoms with E-state index < -0.39 is 0 Å². The predicted octanol–water partition coefficient (Wildman–Crippen LogP) is 1.30. The van der Waals surface area contributed by atoms with Crippen molar-refractivity contribution in [3.05, 3.63) is 12.3 Å². The Morgan fingerprint density at radius 1 is 1.67 bits per heavy atom. The molecule has 0 aliphatic rings. The molecule has 0 radical (unpaired) electrons. The number of allylic oxidation sites excluding steroid dienone is 1. The third-order valence-electron chi connectivity index (χ3n) is 0.365. The Kier molecular flexibility index (Phi) is 3.04. The van der Waals surface area contributed by atoms with Crippen LogP contribution in [0.3, 0.4) is 0 Å². The van der Waals surface area contributed by atoms with Crippen molar-refractivity contribution in [2.45, 2.75) is 6.92 Å². The summed E-state index contributed by atoms with van der Waals surface area (Å²) in [4.78, 5) is 0. The van der Waals surface area contributed by atoms with Crippen molar-refractivity contribution in [1.82, 2.24) is 4.31 Å². The average molecular weight is 103 g/mol. The molecule has 0 heterocycles. The van der Waals surface area contributed by atoms with Crippen molar-refractivity contribution in [2.24, 2.45) is 0 Å². The Morgan fingerprint density at radius 2 is 2.17 bits per heavy atom. The molecule has 0 unspecified atom stereocenters. The van der Waals surface area contributed by atoms with E-state index in [0.717, 1.165) is 0 Å². The molecule has 0 aromatic carbocycles. The van der Waals surface area contributed by atoms with Crippen molar-refractivity contribution >= 4 is 12.8 Å². The van der Waals surface area contributed by atoms with E-state index in [-0.39, 0.29) is 0 Å². The molecule has 0 atom stereocenters. The Labute approximate surface area is 44.2 Å². The first-order valence-electron chi connectivity index (χ1n) is 1.82. The lowest BCUT2D eigenvalue weighted by atomic mass is 10.7. The summed E-state index contributed by atoms with van der Waals surface area (Å²) in [6.07, 6.45) is 3.79. The minimum atomic E-state index is 1.69. The van der Waals surface area contributed by atoms with Gasteiger partial charge in [0, 0.05) is 13.2 Å². The van der Waals surface area contributed by atoms with E-state index in [1.807, 2.05) is 26.2 Å². The maximum Gasteiger partial charge on any atom is 0.0173 e. The summed E-state index contributed by atoms with van der Waals surface area (Å²) in [5.74, 6) is 0. The summed E-state index contributed by atoms with van der Waals surface area (Å²) < 4.78 is 1.69. The van der Waals surface area contributed by atoms with Gasteiger partial charge in [-0.1, -0.05) is 18.9 Å². The van der Waals surface area contributed by atoms with Crippen LogP contribution in [0.5, 0.6) is 0 Å². The van der Waals surface area contributed by atoms with E-state index >= 15 is 0 Å². The number of nitrogens with zero attached hydrogens (tertiary/aromatic N) is 1. The number of hydrogen-bond donors (Lipinski definition) is 1. The minimum Gasteiger partial charge on any atom is -0.329 e. The van der Waals surface area contributed by atoms with Gasteiger partial charge in [0.2, 0.25) is 0 Å². The first-order valence-corrected chi connectivity index (χ1v) is 2.22. The summed E-state index contributed by atoms with van der Waals surface area (Å²) in [6, 6.07) is 0. The van der Waals surface area contributed by atoms with Gasteiger partial charge in [0.15, 0.2) is 0 Å². The molecule has 0 amide bonds. The molecule has 0 aliphatic carbocycles. The van der Waals surface area contributed by atoms with Gasteiger partial charge in [0.1, 0.15) is 0 Å². The zero-order chi connectivity index (χ0) is 4.99. The molecular weight excluding hydrogens is 94.1 g/mol. The van der Waals surface area contributed by atoms with E-state index in [1.54, 1.807) is 4.31 Å². The molecule has 0 N–H and O–H groups in total. The molecule has 36 valence electrons. The molecule has 2 heteroatoms. The van der Waals surface area contributed by atoms with Crippen LogP contribution in [0.4, 0.5) is 0 Å². The second-order valence-electron chi connectivity index (χ2n) is 1.06. The van der Waals surface area contributed by atoms with Crippen LogP contribution in [0.2, 0.25) is 0 Å². The average Bonchev–Trinajstić information content (AvgIpc) is 1.35. The van der Waals surface area contributed by atoms with Gasteiger partial charge in [0.25, 0.3) is 0 Å². The fourth-order valence-electron chi connectivity index (χ4n) is 0.216. The normalized spacial score (nSPS) is 9.83. The fraction of sp³-hybridized carbons (Fsp3) is 0.500. The zero-order valence-electron chi connectivity index (χ0n) is 4.05. The summed E-state index contributed by atoms with van der Waals surface area (Å²) in [5, 5.41) is 0. The van der Waals surface area contributed by atoms with Crippen molar-refractivity contribution < 1.29 is 0 Å². The molecule has 0 aromatic heterocycles. The van der Waals surface area contributed by atoms with Crippen molar-refractivity contribution in [3.63, 3.8) is 0 Å². The SMILES string of the molecule is CC=CN(C)S. The molecule has 0 fully saturated rings. The maximum absolute atomic E-state index is 3.92. The van der Waals surface area contributed by atoms with Crippen molar-refractivity contribution in [2.75, 3.05) is 7.05 Å². The topological polar surface area (TPSA) is 3.24 Å². The smallest absolute Gasteiger partial charge is 0.0173 e. The first kappa shape index (κ1) is 5.89. The monoisotopic (exact) mass is 103 g/mol. The molecule has 0 bridgehead atoms. The van der Waals surface area contributed by atoms with E-state index in [0.29, 0.717) is 0 Å². The van der Waals surface area contributed by atoms with Gasteiger partial charge in [-0.15, -0.1) is 0 Å². The molecule has 0 spiro atoms. The van der Waals surface area contributed by atoms with E-state index in [4.69, 9.17) is 0 Å². The number of rotatable bonds is 1.